The van der Waals surface area contributed by atoms with Crippen molar-refractivity contribution in [2.45, 2.75) is 0 Å². The number of nitrogens with zero attached hydrogens (tertiary/aromatic N) is 1. The standard InChI is InChI=1S/C44H28INS2/c45-43-35-19-9-10-20-37(35)44(46(31-14-3-1-4-15-31)32-16-5-2-6-17-32)38-28-30(22-23-36(38)43)39-24-26-41(47-39)42-27-25-40(48-42)34-21-11-13-29-12-7-8-18-33(29)34/h1-28H. The zero-order valence-corrected chi connectivity index (χ0v) is 29.6. The Hall–Kier alpha value is -4.75. The molecule has 0 saturated carbocycles. The number of benzene rings is 7. The molecular formula is C44H28INS2. The Kier molecular flexibility index (Phi) is 7.57. The average Bonchev–Trinajstić information content (AvgIpc) is 3.85. The van der Waals surface area contributed by atoms with Gasteiger partial charge >= 0.3 is 0 Å². The lowest BCUT2D eigenvalue weighted by Crippen LogP contribution is -2.11. The van der Waals surface area contributed by atoms with Gasteiger partial charge in [0.05, 0.1) is 5.69 Å². The summed E-state index contributed by atoms with van der Waals surface area (Å²) in [5, 5.41) is 7.59. The van der Waals surface area contributed by atoms with Crippen LogP contribution in [-0.4, -0.2) is 0 Å². The molecule has 48 heavy (non-hydrogen) atoms. The van der Waals surface area contributed by atoms with Crippen LogP contribution in [0.3, 0.4) is 0 Å². The highest BCUT2D eigenvalue weighted by Gasteiger charge is 2.21. The lowest BCUT2D eigenvalue weighted by atomic mass is 9.97. The van der Waals surface area contributed by atoms with E-state index in [-0.39, 0.29) is 0 Å². The molecule has 0 atom stereocenters. The minimum Gasteiger partial charge on any atom is -0.309 e. The zero-order chi connectivity index (χ0) is 32.0. The monoisotopic (exact) mass is 761 g/mol. The summed E-state index contributed by atoms with van der Waals surface area (Å²) in [5.74, 6) is 0. The Balaban J connectivity index is 1.19. The van der Waals surface area contributed by atoms with E-state index in [4.69, 9.17) is 0 Å². The first-order valence-electron chi connectivity index (χ1n) is 16.0. The van der Waals surface area contributed by atoms with Gasteiger partial charge in [-0.1, -0.05) is 115 Å². The summed E-state index contributed by atoms with van der Waals surface area (Å²) >= 11 is 6.28. The highest BCUT2D eigenvalue weighted by Crippen LogP contribution is 2.48. The van der Waals surface area contributed by atoms with Gasteiger partial charge < -0.3 is 4.90 Å². The quantitative estimate of drug-likeness (QED) is 0.120. The summed E-state index contributed by atoms with van der Waals surface area (Å²) in [5.41, 5.74) is 6.01. The van der Waals surface area contributed by atoms with Crippen LogP contribution in [-0.2, 0) is 0 Å². The molecule has 0 unspecified atom stereocenters. The van der Waals surface area contributed by atoms with Gasteiger partial charge in [-0.2, -0.15) is 0 Å². The Morgan fingerprint density at radius 1 is 0.396 bits per heavy atom. The fraction of sp³-hybridized carbons (Fsp3) is 0. The van der Waals surface area contributed by atoms with Crippen molar-refractivity contribution in [1.82, 2.24) is 0 Å². The molecule has 0 spiro atoms. The van der Waals surface area contributed by atoms with Gasteiger partial charge in [0.25, 0.3) is 0 Å². The van der Waals surface area contributed by atoms with Gasteiger partial charge in [0.15, 0.2) is 0 Å². The molecule has 0 amide bonds. The van der Waals surface area contributed by atoms with Gasteiger partial charge in [-0.3, -0.25) is 0 Å². The van der Waals surface area contributed by atoms with Crippen LogP contribution in [0, 0.1) is 3.57 Å². The molecule has 1 nitrogen and oxygen atoms in total. The van der Waals surface area contributed by atoms with Crippen molar-refractivity contribution in [1.29, 1.82) is 0 Å². The van der Waals surface area contributed by atoms with Gasteiger partial charge in [-0.25, -0.2) is 0 Å². The predicted molar refractivity (Wildman–Crippen MR) is 218 cm³/mol. The summed E-state index contributed by atoms with van der Waals surface area (Å²) in [6, 6.07) is 61.7. The summed E-state index contributed by atoms with van der Waals surface area (Å²) in [4.78, 5) is 7.59. The van der Waals surface area contributed by atoms with E-state index in [2.05, 4.69) is 197 Å². The number of halogens is 1. The first-order chi connectivity index (χ1) is 23.7. The topological polar surface area (TPSA) is 3.24 Å². The van der Waals surface area contributed by atoms with Crippen LogP contribution < -0.4 is 4.90 Å². The Morgan fingerprint density at radius 3 is 1.67 bits per heavy atom. The van der Waals surface area contributed by atoms with Crippen LogP contribution >= 0.6 is 45.3 Å². The van der Waals surface area contributed by atoms with Crippen LogP contribution in [0.1, 0.15) is 0 Å². The molecule has 0 aliphatic rings. The number of fused-ring (bicyclic) bond motifs is 3. The molecule has 2 aromatic heterocycles. The maximum Gasteiger partial charge on any atom is 0.0619 e. The highest BCUT2D eigenvalue weighted by atomic mass is 127. The van der Waals surface area contributed by atoms with Crippen molar-refractivity contribution in [3.63, 3.8) is 0 Å². The summed E-state index contributed by atoms with van der Waals surface area (Å²) < 4.78 is 1.28. The van der Waals surface area contributed by atoms with Gasteiger partial charge in [0.2, 0.25) is 0 Å². The highest BCUT2D eigenvalue weighted by molar-refractivity contribution is 14.1. The van der Waals surface area contributed by atoms with Crippen molar-refractivity contribution >= 4 is 94.6 Å². The number of rotatable bonds is 6. The second-order valence-corrected chi connectivity index (χ2v) is 15.1. The van der Waals surface area contributed by atoms with E-state index >= 15 is 0 Å². The van der Waals surface area contributed by atoms with Crippen LogP contribution in [0.25, 0.3) is 63.0 Å². The van der Waals surface area contributed by atoms with Crippen molar-refractivity contribution in [3.8, 4) is 30.6 Å². The number of para-hydroxylation sites is 2. The van der Waals surface area contributed by atoms with E-state index in [1.807, 2.05) is 22.7 Å². The molecular weight excluding hydrogens is 734 g/mol. The second-order valence-electron chi connectivity index (χ2n) is 11.8. The molecule has 228 valence electrons. The molecule has 0 saturated heterocycles. The third-order valence-electron chi connectivity index (χ3n) is 8.98. The number of hydrogen-bond donors (Lipinski definition) is 0. The molecule has 4 heteroatoms. The Morgan fingerprint density at radius 2 is 0.938 bits per heavy atom. The summed E-state index contributed by atoms with van der Waals surface area (Å²) in [6.45, 7) is 0. The number of anilines is 3. The molecule has 0 N–H and O–H groups in total. The maximum atomic E-state index is 2.54. The van der Waals surface area contributed by atoms with E-state index in [9.17, 15) is 0 Å². The zero-order valence-electron chi connectivity index (χ0n) is 25.8. The molecule has 0 aliphatic heterocycles. The molecule has 0 aliphatic carbocycles. The van der Waals surface area contributed by atoms with E-state index in [1.54, 1.807) is 0 Å². The first-order valence-corrected chi connectivity index (χ1v) is 18.7. The van der Waals surface area contributed by atoms with Crippen molar-refractivity contribution < 1.29 is 0 Å². The van der Waals surface area contributed by atoms with Crippen molar-refractivity contribution in [3.05, 3.63) is 173 Å². The average molecular weight is 762 g/mol. The lowest BCUT2D eigenvalue weighted by molar-refractivity contribution is 1.31. The maximum absolute atomic E-state index is 2.54. The largest absolute Gasteiger partial charge is 0.309 e. The molecule has 7 aromatic carbocycles. The van der Waals surface area contributed by atoms with Crippen LogP contribution in [0.15, 0.2) is 170 Å². The summed E-state index contributed by atoms with van der Waals surface area (Å²) in [7, 11) is 0. The SMILES string of the molecule is Ic1c2ccccc2c(N(c2ccccc2)c2ccccc2)c2cc(-c3ccc(-c4ccc(-c5cccc6ccccc56)s4)s3)ccc12. The predicted octanol–water partition coefficient (Wildman–Crippen LogP) is 14.3. The van der Waals surface area contributed by atoms with Gasteiger partial charge in [-0.15, -0.1) is 22.7 Å². The van der Waals surface area contributed by atoms with Crippen LogP contribution in [0.2, 0.25) is 0 Å². The molecule has 0 radical (unpaired) electrons. The van der Waals surface area contributed by atoms with E-state index in [0.717, 1.165) is 11.4 Å². The number of hydrogen-bond acceptors (Lipinski definition) is 3. The van der Waals surface area contributed by atoms with Gasteiger partial charge in [-0.05, 0) is 110 Å². The van der Waals surface area contributed by atoms with E-state index in [0.29, 0.717) is 0 Å². The molecule has 9 rings (SSSR count). The summed E-state index contributed by atoms with van der Waals surface area (Å²) in [6.07, 6.45) is 0. The minimum atomic E-state index is 1.14. The van der Waals surface area contributed by atoms with Crippen molar-refractivity contribution in [2.75, 3.05) is 4.90 Å². The normalized spacial score (nSPS) is 11.4. The third-order valence-corrected chi connectivity index (χ3v) is 12.6. The second kappa shape index (κ2) is 12.4. The van der Waals surface area contributed by atoms with Crippen molar-refractivity contribution in [2.24, 2.45) is 0 Å². The molecule has 0 bridgehead atoms. The lowest BCUT2D eigenvalue weighted by Gasteiger charge is -2.29. The Labute approximate surface area is 301 Å². The van der Waals surface area contributed by atoms with Crippen LogP contribution in [0.5, 0.6) is 0 Å². The molecule has 2 heterocycles. The smallest absolute Gasteiger partial charge is 0.0619 e. The molecule has 0 fully saturated rings. The Bertz CT molecular complexity index is 2540. The minimum absolute atomic E-state index is 1.14. The fourth-order valence-electron chi connectivity index (χ4n) is 6.74. The van der Waals surface area contributed by atoms with Gasteiger partial charge in [0, 0.05) is 45.2 Å². The molecule has 9 aromatic rings. The van der Waals surface area contributed by atoms with E-state index in [1.165, 1.54) is 72.2 Å². The fourth-order valence-corrected chi connectivity index (χ4v) is 9.82. The van der Waals surface area contributed by atoms with E-state index < -0.39 is 0 Å². The third kappa shape index (κ3) is 5.12. The number of thiophene rings is 2. The van der Waals surface area contributed by atoms with Crippen LogP contribution in [0.4, 0.5) is 17.1 Å². The first kappa shape index (κ1) is 29.4. The van der Waals surface area contributed by atoms with Gasteiger partial charge in [0.1, 0.15) is 0 Å².